The molecule has 1 amide bonds. The number of imidazole rings is 1. The summed E-state index contributed by atoms with van der Waals surface area (Å²) in [6, 6.07) is 8.14. The van der Waals surface area contributed by atoms with E-state index in [9.17, 15) is 4.79 Å². The van der Waals surface area contributed by atoms with Crippen LogP contribution in [0.5, 0.6) is 0 Å². The molecule has 0 aliphatic carbocycles. The molecule has 0 spiro atoms. The number of anilines is 1. The molecule has 1 aliphatic heterocycles. The van der Waals surface area contributed by atoms with Gasteiger partial charge in [-0.25, -0.2) is 9.67 Å². The molecule has 25 heavy (non-hydrogen) atoms. The van der Waals surface area contributed by atoms with Crippen molar-refractivity contribution in [2.75, 3.05) is 5.32 Å². The van der Waals surface area contributed by atoms with Gasteiger partial charge in [-0.15, -0.1) is 0 Å². The topological polar surface area (TPSA) is 64.7 Å². The van der Waals surface area contributed by atoms with E-state index in [0.29, 0.717) is 6.42 Å². The molecule has 6 heteroatoms. The highest BCUT2D eigenvalue weighted by Crippen LogP contribution is 2.40. The number of fused-ring (bicyclic) bond motifs is 1. The van der Waals surface area contributed by atoms with E-state index in [4.69, 9.17) is 5.10 Å². The van der Waals surface area contributed by atoms with Crippen LogP contribution in [0.4, 0.5) is 5.82 Å². The summed E-state index contributed by atoms with van der Waals surface area (Å²) in [7, 11) is 0. The van der Waals surface area contributed by atoms with Gasteiger partial charge in [-0.05, 0) is 32.9 Å². The Kier molecular flexibility index (Phi) is 3.67. The second kappa shape index (κ2) is 5.88. The molecular weight excluding hydrogens is 314 g/mol. The fourth-order valence-electron chi connectivity index (χ4n) is 3.56. The van der Waals surface area contributed by atoms with Crippen LogP contribution in [-0.2, 0) is 11.3 Å². The largest absolute Gasteiger partial charge is 0.334 e. The number of rotatable bonds is 3. The van der Waals surface area contributed by atoms with Gasteiger partial charge in [0.25, 0.3) is 0 Å². The normalized spacial score (nSPS) is 16.6. The molecule has 6 nitrogen and oxygen atoms in total. The molecule has 1 atom stereocenters. The van der Waals surface area contributed by atoms with E-state index in [2.05, 4.69) is 28.7 Å². The lowest BCUT2D eigenvalue weighted by atomic mass is 9.89. The molecule has 0 unspecified atom stereocenters. The molecule has 2 aromatic heterocycles. The van der Waals surface area contributed by atoms with Gasteiger partial charge < -0.3 is 9.88 Å². The van der Waals surface area contributed by atoms with Gasteiger partial charge in [0.1, 0.15) is 5.82 Å². The number of benzene rings is 1. The molecule has 1 aliphatic rings. The number of nitrogens with one attached hydrogen (secondary N) is 1. The summed E-state index contributed by atoms with van der Waals surface area (Å²) in [5, 5.41) is 7.74. The molecule has 4 rings (SSSR count). The minimum atomic E-state index is -0.0228. The first kappa shape index (κ1) is 15.6. The number of aromatic nitrogens is 4. The predicted molar refractivity (Wildman–Crippen MR) is 96.0 cm³/mol. The summed E-state index contributed by atoms with van der Waals surface area (Å²) in [6.07, 6.45) is 4.10. The maximum atomic E-state index is 12.4. The van der Waals surface area contributed by atoms with Gasteiger partial charge >= 0.3 is 0 Å². The first-order valence-electron chi connectivity index (χ1n) is 8.55. The Labute approximate surface area is 146 Å². The monoisotopic (exact) mass is 335 g/mol. The highest BCUT2D eigenvalue weighted by Gasteiger charge is 2.34. The van der Waals surface area contributed by atoms with Crippen LogP contribution >= 0.6 is 0 Å². The number of carbonyl (C=O) groups excluding carboxylic acids is 1. The standard InChI is InChI=1S/C19H21N5O/c1-4-23-11-20-10-16(23)15-9-17(25)21-19-18(15)13(3)22-24(19)14-7-5-12(2)6-8-14/h5-8,10-11,15H,4,9H2,1-3H3,(H,21,25)/t15-/m0/s1. The first-order chi connectivity index (χ1) is 12.1. The summed E-state index contributed by atoms with van der Waals surface area (Å²) in [5.41, 5.74) is 5.21. The van der Waals surface area contributed by atoms with Gasteiger partial charge in [0, 0.05) is 36.3 Å². The number of carbonyl (C=O) groups is 1. The number of aryl methyl sites for hydroxylation is 3. The fourth-order valence-corrected chi connectivity index (χ4v) is 3.56. The Bertz CT molecular complexity index is 935. The zero-order chi connectivity index (χ0) is 17.6. The Balaban J connectivity index is 1.87. The van der Waals surface area contributed by atoms with Crippen LogP contribution < -0.4 is 5.32 Å². The number of hydrogen-bond acceptors (Lipinski definition) is 3. The zero-order valence-electron chi connectivity index (χ0n) is 14.7. The second-order valence-corrected chi connectivity index (χ2v) is 6.50. The van der Waals surface area contributed by atoms with Crippen molar-refractivity contribution in [1.82, 2.24) is 19.3 Å². The SMILES string of the molecule is CCn1cncc1[C@@H]1CC(=O)Nc2c1c(C)nn2-c1ccc(C)cc1. The minimum Gasteiger partial charge on any atom is -0.334 e. The van der Waals surface area contributed by atoms with Crippen molar-refractivity contribution in [2.24, 2.45) is 0 Å². The number of nitrogens with zero attached hydrogens (tertiary/aromatic N) is 4. The van der Waals surface area contributed by atoms with Crippen LogP contribution in [0.15, 0.2) is 36.8 Å². The molecule has 0 bridgehead atoms. The summed E-state index contributed by atoms with van der Waals surface area (Å²) in [4.78, 5) is 16.7. The number of amides is 1. The third-order valence-electron chi connectivity index (χ3n) is 4.82. The first-order valence-corrected chi connectivity index (χ1v) is 8.55. The van der Waals surface area contributed by atoms with Crippen molar-refractivity contribution >= 4 is 11.7 Å². The quantitative estimate of drug-likeness (QED) is 0.799. The molecule has 128 valence electrons. The van der Waals surface area contributed by atoms with Crippen molar-refractivity contribution in [3.8, 4) is 5.69 Å². The van der Waals surface area contributed by atoms with E-state index in [1.807, 2.05) is 48.4 Å². The van der Waals surface area contributed by atoms with Gasteiger partial charge in [0.05, 0.1) is 17.7 Å². The van der Waals surface area contributed by atoms with Crippen molar-refractivity contribution in [3.05, 3.63) is 59.3 Å². The molecule has 1 aromatic carbocycles. The smallest absolute Gasteiger partial charge is 0.226 e. The average molecular weight is 335 g/mol. The predicted octanol–water partition coefficient (Wildman–Crippen LogP) is 3.18. The van der Waals surface area contributed by atoms with Crippen molar-refractivity contribution in [2.45, 2.75) is 39.7 Å². The molecule has 3 heterocycles. The van der Waals surface area contributed by atoms with Gasteiger partial charge in [-0.1, -0.05) is 17.7 Å². The second-order valence-electron chi connectivity index (χ2n) is 6.50. The van der Waals surface area contributed by atoms with Crippen LogP contribution in [0.25, 0.3) is 5.69 Å². The lowest BCUT2D eigenvalue weighted by Crippen LogP contribution is -2.26. The van der Waals surface area contributed by atoms with E-state index < -0.39 is 0 Å². The van der Waals surface area contributed by atoms with E-state index in [1.54, 1.807) is 0 Å². The third-order valence-corrected chi connectivity index (χ3v) is 4.82. The van der Waals surface area contributed by atoms with Gasteiger partial charge in [0.15, 0.2) is 0 Å². The van der Waals surface area contributed by atoms with Gasteiger partial charge in [-0.2, -0.15) is 5.10 Å². The van der Waals surface area contributed by atoms with E-state index in [1.165, 1.54) is 5.56 Å². The summed E-state index contributed by atoms with van der Waals surface area (Å²) in [5.74, 6) is 0.756. The average Bonchev–Trinajstić information content (AvgIpc) is 3.20. The molecule has 3 aromatic rings. The van der Waals surface area contributed by atoms with Crippen LogP contribution in [0, 0.1) is 13.8 Å². The molecule has 0 saturated heterocycles. The van der Waals surface area contributed by atoms with Crippen LogP contribution in [0.2, 0.25) is 0 Å². The summed E-state index contributed by atoms with van der Waals surface area (Å²) >= 11 is 0. The van der Waals surface area contributed by atoms with Crippen molar-refractivity contribution in [3.63, 3.8) is 0 Å². The lowest BCUT2D eigenvalue weighted by Gasteiger charge is -2.24. The van der Waals surface area contributed by atoms with Gasteiger partial charge in [-0.3, -0.25) is 4.79 Å². The Hall–Kier alpha value is -2.89. The molecular formula is C19H21N5O. The van der Waals surface area contributed by atoms with E-state index >= 15 is 0 Å². The fraction of sp³-hybridized carbons (Fsp3) is 0.316. The summed E-state index contributed by atoms with van der Waals surface area (Å²) < 4.78 is 3.93. The highest BCUT2D eigenvalue weighted by atomic mass is 16.1. The minimum absolute atomic E-state index is 0.00890. The highest BCUT2D eigenvalue weighted by molar-refractivity contribution is 5.95. The number of hydrogen-bond donors (Lipinski definition) is 1. The van der Waals surface area contributed by atoms with Crippen LogP contribution in [0.3, 0.4) is 0 Å². The van der Waals surface area contributed by atoms with Crippen LogP contribution in [0.1, 0.15) is 41.8 Å². The van der Waals surface area contributed by atoms with Crippen LogP contribution in [-0.4, -0.2) is 25.2 Å². The lowest BCUT2D eigenvalue weighted by molar-refractivity contribution is -0.116. The van der Waals surface area contributed by atoms with Gasteiger partial charge in [0.2, 0.25) is 5.91 Å². The Morgan fingerprint density at radius 2 is 2.00 bits per heavy atom. The molecule has 0 saturated carbocycles. The third kappa shape index (κ3) is 2.54. The Morgan fingerprint density at radius 3 is 2.72 bits per heavy atom. The maximum Gasteiger partial charge on any atom is 0.226 e. The molecule has 1 N–H and O–H groups in total. The van der Waals surface area contributed by atoms with Crippen molar-refractivity contribution in [1.29, 1.82) is 0 Å². The van der Waals surface area contributed by atoms with E-state index in [0.717, 1.165) is 35.0 Å². The van der Waals surface area contributed by atoms with Crippen molar-refractivity contribution < 1.29 is 4.79 Å². The molecule has 0 radical (unpaired) electrons. The van der Waals surface area contributed by atoms with E-state index in [-0.39, 0.29) is 11.8 Å². The maximum absolute atomic E-state index is 12.4. The molecule has 0 fully saturated rings. The summed E-state index contributed by atoms with van der Waals surface area (Å²) in [6.45, 7) is 6.96. The zero-order valence-corrected chi connectivity index (χ0v) is 14.7. The Morgan fingerprint density at radius 1 is 1.24 bits per heavy atom.